The highest BCUT2D eigenvalue weighted by Crippen LogP contribution is 2.22. The van der Waals surface area contributed by atoms with Crippen molar-refractivity contribution in [3.05, 3.63) is 50.7 Å². The molecule has 1 aromatic heterocycles. The Morgan fingerprint density at radius 2 is 2.20 bits per heavy atom. The number of thiophene rings is 1. The molecule has 0 aliphatic heterocycles. The number of methoxy groups -OCH3 is 1. The fourth-order valence-electron chi connectivity index (χ4n) is 1.60. The zero-order valence-electron chi connectivity index (χ0n) is 11.0. The van der Waals surface area contributed by atoms with Crippen LogP contribution < -0.4 is 10.2 Å². The molecule has 0 spiro atoms. The maximum Gasteiger partial charge on any atom is 0.275 e. The minimum atomic E-state index is -0.367. The molecule has 0 saturated heterocycles. The number of hydrazone groups is 1. The van der Waals surface area contributed by atoms with Crippen LogP contribution in [-0.4, -0.2) is 19.2 Å². The highest BCUT2D eigenvalue weighted by molar-refractivity contribution is 7.13. The van der Waals surface area contributed by atoms with Crippen molar-refractivity contribution >= 4 is 35.1 Å². The zero-order valence-corrected chi connectivity index (χ0v) is 12.6. The average molecular weight is 309 g/mol. The third-order valence-corrected chi connectivity index (χ3v) is 3.70. The number of ether oxygens (including phenoxy) is 1. The maximum absolute atomic E-state index is 12.0. The first-order valence-electron chi connectivity index (χ1n) is 5.83. The van der Waals surface area contributed by atoms with Gasteiger partial charge in [-0.05, 0) is 37.3 Å². The van der Waals surface area contributed by atoms with Crippen LogP contribution in [0.15, 0.2) is 35.4 Å². The van der Waals surface area contributed by atoms with E-state index in [-0.39, 0.29) is 5.91 Å². The molecule has 0 atom stereocenters. The summed E-state index contributed by atoms with van der Waals surface area (Å²) in [7, 11) is 1.50. The van der Waals surface area contributed by atoms with Gasteiger partial charge in [-0.3, -0.25) is 4.79 Å². The number of aryl methyl sites for hydroxylation is 1. The van der Waals surface area contributed by atoms with Gasteiger partial charge >= 0.3 is 0 Å². The Balaban J connectivity index is 2.08. The maximum atomic E-state index is 12.0. The van der Waals surface area contributed by atoms with Gasteiger partial charge in [-0.2, -0.15) is 5.10 Å². The minimum absolute atomic E-state index is 0.347. The Morgan fingerprint density at radius 1 is 1.40 bits per heavy atom. The molecule has 0 aliphatic carbocycles. The van der Waals surface area contributed by atoms with Crippen molar-refractivity contribution in [3.8, 4) is 5.75 Å². The second-order valence-corrected chi connectivity index (χ2v) is 5.75. The lowest BCUT2D eigenvalue weighted by molar-refractivity contribution is 0.0952. The third-order valence-electron chi connectivity index (χ3n) is 2.53. The molecule has 20 heavy (non-hydrogen) atoms. The van der Waals surface area contributed by atoms with E-state index in [2.05, 4.69) is 10.5 Å². The molecule has 0 aliphatic rings. The first kappa shape index (κ1) is 14.6. The van der Waals surface area contributed by atoms with E-state index in [1.165, 1.54) is 12.0 Å². The number of hydrogen-bond donors (Lipinski definition) is 1. The highest BCUT2D eigenvalue weighted by atomic mass is 35.5. The standard InChI is InChI=1S/C14H13ClN2O2S/c1-9-3-5-11(20-9)8-16-17-14(18)12-7-10(15)4-6-13(12)19-2/h3-8H,1-2H3,(H,17,18). The summed E-state index contributed by atoms with van der Waals surface area (Å²) >= 11 is 7.48. The number of nitrogens with one attached hydrogen (secondary N) is 1. The van der Waals surface area contributed by atoms with Gasteiger partial charge in [0, 0.05) is 14.8 Å². The molecular formula is C14H13ClN2O2S. The van der Waals surface area contributed by atoms with Crippen molar-refractivity contribution in [2.75, 3.05) is 7.11 Å². The number of carbonyl (C=O) groups excluding carboxylic acids is 1. The molecular weight excluding hydrogens is 296 g/mol. The van der Waals surface area contributed by atoms with Crippen molar-refractivity contribution in [3.63, 3.8) is 0 Å². The van der Waals surface area contributed by atoms with Gasteiger partial charge in [0.15, 0.2) is 0 Å². The zero-order chi connectivity index (χ0) is 14.5. The van der Waals surface area contributed by atoms with E-state index >= 15 is 0 Å². The van der Waals surface area contributed by atoms with Gasteiger partial charge in [-0.15, -0.1) is 11.3 Å². The van der Waals surface area contributed by atoms with Gasteiger partial charge < -0.3 is 4.74 Å². The fraction of sp³-hybridized carbons (Fsp3) is 0.143. The Bertz CT molecular complexity index is 652. The Hall–Kier alpha value is -1.85. The number of halogens is 1. The Labute approximate surface area is 126 Å². The summed E-state index contributed by atoms with van der Waals surface area (Å²) in [6.07, 6.45) is 1.60. The first-order chi connectivity index (χ1) is 9.60. The summed E-state index contributed by atoms with van der Waals surface area (Å²) in [5, 5.41) is 4.39. The molecule has 2 rings (SSSR count). The van der Waals surface area contributed by atoms with Crippen molar-refractivity contribution in [2.24, 2.45) is 5.10 Å². The SMILES string of the molecule is COc1ccc(Cl)cc1C(=O)NN=Cc1ccc(C)s1. The quantitative estimate of drug-likeness (QED) is 0.694. The average Bonchev–Trinajstić information content (AvgIpc) is 2.84. The fourth-order valence-corrected chi connectivity index (χ4v) is 2.52. The van der Waals surface area contributed by atoms with E-state index in [1.54, 1.807) is 35.8 Å². The highest BCUT2D eigenvalue weighted by Gasteiger charge is 2.12. The largest absolute Gasteiger partial charge is 0.496 e. The van der Waals surface area contributed by atoms with Crippen molar-refractivity contribution in [1.29, 1.82) is 0 Å². The normalized spacial score (nSPS) is 10.8. The van der Waals surface area contributed by atoms with Gasteiger partial charge in [-0.1, -0.05) is 11.6 Å². The first-order valence-corrected chi connectivity index (χ1v) is 7.03. The van der Waals surface area contributed by atoms with Crippen LogP contribution in [0.25, 0.3) is 0 Å². The number of benzene rings is 1. The van der Waals surface area contributed by atoms with Gasteiger partial charge in [0.25, 0.3) is 5.91 Å². The monoisotopic (exact) mass is 308 g/mol. The summed E-state index contributed by atoms with van der Waals surface area (Å²) in [6.45, 7) is 2.01. The lowest BCUT2D eigenvalue weighted by Crippen LogP contribution is -2.18. The minimum Gasteiger partial charge on any atom is -0.496 e. The molecule has 0 unspecified atom stereocenters. The van der Waals surface area contributed by atoms with E-state index in [4.69, 9.17) is 16.3 Å². The van der Waals surface area contributed by atoms with Crippen LogP contribution in [0.4, 0.5) is 0 Å². The van der Waals surface area contributed by atoms with E-state index < -0.39 is 0 Å². The number of amides is 1. The molecule has 1 aromatic carbocycles. The van der Waals surface area contributed by atoms with E-state index in [0.717, 1.165) is 4.88 Å². The molecule has 1 heterocycles. The van der Waals surface area contributed by atoms with Crippen molar-refractivity contribution in [1.82, 2.24) is 5.43 Å². The lowest BCUT2D eigenvalue weighted by atomic mass is 10.2. The molecule has 104 valence electrons. The molecule has 0 saturated carbocycles. The molecule has 0 fully saturated rings. The van der Waals surface area contributed by atoms with Crippen LogP contribution in [0.5, 0.6) is 5.75 Å². The number of carbonyl (C=O) groups is 1. The summed E-state index contributed by atoms with van der Waals surface area (Å²) in [5.74, 6) is 0.0861. The van der Waals surface area contributed by atoms with E-state index in [1.807, 2.05) is 19.1 Å². The Morgan fingerprint density at radius 3 is 2.85 bits per heavy atom. The van der Waals surface area contributed by atoms with Crippen LogP contribution in [0.3, 0.4) is 0 Å². The van der Waals surface area contributed by atoms with Crippen LogP contribution in [0.1, 0.15) is 20.1 Å². The number of hydrogen-bond acceptors (Lipinski definition) is 4. The molecule has 0 bridgehead atoms. The summed E-state index contributed by atoms with van der Waals surface area (Å²) in [4.78, 5) is 14.2. The van der Waals surface area contributed by atoms with E-state index in [0.29, 0.717) is 16.3 Å². The third kappa shape index (κ3) is 3.59. The lowest BCUT2D eigenvalue weighted by Gasteiger charge is -2.06. The van der Waals surface area contributed by atoms with Gasteiger partial charge in [0.05, 0.1) is 18.9 Å². The van der Waals surface area contributed by atoms with Gasteiger partial charge in [0.1, 0.15) is 5.75 Å². The second kappa shape index (κ2) is 6.54. The molecule has 1 amide bonds. The summed E-state index contributed by atoms with van der Waals surface area (Å²) < 4.78 is 5.12. The Kier molecular flexibility index (Phi) is 4.76. The molecule has 6 heteroatoms. The summed E-state index contributed by atoms with van der Waals surface area (Å²) in [5.41, 5.74) is 2.80. The molecule has 4 nitrogen and oxygen atoms in total. The van der Waals surface area contributed by atoms with Gasteiger partial charge in [-0.25, -0.2) is 5.43 Å². The molecule has 1 N–H and O–H groups in total. The van der Waals surface area contributed by atoms with E-state index in [9.17, 15) is 4.79 Å². The van der Waals surface area contributed by atoms with Crippen LogP contribution in [-0.2, 0) is 0 Å². The van der Waals surface area contributed by atoms with Crippen LogP contribution in [0.2, 0.25) is 5.02 Å². The van der Waals surface area contributed by atoms with Gasteiger partial charge in [0.2, 0.25) is 0 Å². The second-order valence-electron chi connectivity index (χ2n) is 3.99. The smallest absolute Gasteiger partial charge is 0.275 e. The van der Waals surface area contributed by atoms with Crippen LogP contribution in [0, 0.1) is 6.92 Å². The van der Waals surface area contributed by atoms with Crippen LogP contribution >= 0.6 is 22.9 Å². The van der Waals surface area contributed by atoms with Crippen molar-refractivity contribution < 1.29 is 9.53 Å². The van der Waals surface area contributed by atoms with Crippen molar-refractivity contribution in [2.45, 2.75) is 6.92 Å². The molecule has 0 radical (unpaired) electrons. The molecule has 2 aromatic rings. The topological polar surface area (TPSA) is 50.7 Å². The predicted molar refractivity (Wildman–Crippen MR) is 82.1 cm³/mol. The predicted octanol–water partition coefficient (Wildman–Crippen LogP) is 3.48. The number of rotatable bonds is 4. The number of nitrogens with zero attached hydrogens (tertiary/aromatic N) is 1. The summed E-state index contributed by atoms with van der Waals surface area (Å²) in [6, 6.07) is 8.78.